The van der Waals surface area contributed by atoms with Crippen molar-refractivity contribution in [3.8, 4) is 0 Å². The minimum absolute atomic E-state index is 0.0290. The quantitative estimate of drug-likeness (QED) is 0.832. The maximum absolute atomic E-state index is 12.0. The van der Waals surface area contributed by atoms with Gasteiger partial charge in [0.25, 0.3) is 10.0 Å². The lowest BCUT2D eigenvalue weighted by molar-refractivity contribution is 0.147. The third-order valence-electron chi connectivity index (χ3n) is 3.72. The zero-order valence-corrected chi connectivity index (χ0v) is 11.3. The molecule has 0 bridgehead atoms. The van der Waals surface area contributed by atoms with Gasteiger partial charge in [-0.1, -0.05) is 12.1 Å². The number of rotatable bonds is 1. The molecule has 6 heteroatoms. The van der Waals surface area contributed by atoms with Crippen molar-refractivity contribution in [2.75, 3.05) is 13.2 Å². The van der Waals surface area contributed by atoms with Crippen molar-refractivity contribution in [3.63, 3.8) is 0 Å². The van der Waals surface area contributed by atoms with Crippen LogP contribution in [0.25, 0.3) is 0 Å². The molecule has 0 aliphatic carbocycles. The van der Waals surface area contributed by atoms with Gasteiger partial charge in [-0.3, -0.25) is 0 Å². The van der Waals surface area contributed by atoms with Crippen molar-refractivity contribution in [2.24, 2.45) is 4.40 Å². The van der Waals surface area contributed by atoms with E-state index in [2.05, 4.69) is 4.40 Å². The molecule has 0 radical (unpaired) electrons. The molecule has 0 spiro atoms. The van der Waals surface area contributed by atoms with Crippen LogP contribution in [0.15, 0.2) is 33.6 Å². The fraction of sp³-hybridized carbons (Fsp3) is 0.462. The second kappa shape index (κ2) is 4.61. The van der Waals surface area contributed by atoms with E-state index >= 15 is 0 Å². The van der Waals surface area contributed by atoms with Gasteiger partial charge in [0.05, 0.1) is 12.6 Å². The summed E-state index contributed by atoms with van der Waals surface area (Å²) in [6, 6.07) is 6.84. The van der Waals surface area contributed by atoms with Gasteiger partial charge in [0, 0.05) is 12.1 Å². The molecular weight excluding hydrogens is 264 g/mol. The van der Waals surface area contributed by atoms with Gasteiger partial charge in [-0.15, -0.1) is 4.40 Å². The van der Waals surface area contributed by atoms with E-state index in [1.807, 2.05) is 11.0 Å². The van der Waals surface area contributed by atoms with Crippen molar-refractivity contribution in [3.05, 3.63) is 29.8 Å². The first-order valence-corrected chi connectivity index (χ1v) is 7.89. The highest BCUT2D eigenvalue weighted by atomic mass is 32.2. The highest BCUT2D eigenvalue weighted by Crippen LogP contribution is 2.30. The molecule has 1 fully saturated rings. The standard InChI is InChI=1S/C13H16N2O3S/c16-9-10-5-3-4-8-15(10)13-11-6-1-2-7-12(11)19(17,18)14-13/h1-2,6-7,10,16H,3-5,8-9H2/t10-/m1/s1. The van der Waals surface area contributed by atoms with E-state index < -0.39 is 10.0 Å². The lowest BCUT2D eigenvalue weighted by Crippen LogP contribution is -2.45. The second-order valence-electron chi connectivity index (χ2n) is 4.91. The highest BCUT2D eigenvalue weighted by molar-refractivity contribution is 7.90. The number of nitrogens with zero attached hydrogens (tertiary/aromatic N) is 2. The van der Waals surface area contributed by atoms with Gasteiger partial charge in [0.2, 0.25) is 0 Å². The van der Waals surface area contributed by atoms with Gasteiger partial charge in [0.15, 0.2) is 5.84 Å². The number of likely N-dealkylation sites (tertiary alicyclic amines) is 1. The minimum Gasteiger partial charge on any atom is -0.394 e. The van der Waals surface area contributed by atoms with Crippen molar-refractivity contribution in [1.29, 1.82) is 0 Å². The van der Waals surface area contributed by atoms with E-state index in [0.717, 1.165) is 25.8 Å². The highest BCUT2D eigenvalue weighted by Gasteiger charge is 2.34. The number of sulfonamides is 1. The number of hydrogen-bond acceptors (Lipinski definition) is 4. The van der Waals surface area contributed by atoms with Crippen molar-refractivity contribution in [1.82, 2.24) is 4.90 Å². The van der Waals surface area contributed by atoms with Gasteiger partial charge >= 0.3 is 0 Å². The fourth-order valence-corrected chi connectivity index (χ4v) is 3.98. The molecule has 0 amide bonds. The van der Waals surface area contributed by atoms with Crippen LogP contribution in [-0.4, -0.2) is 43.5 Å². The van der Waals surface area contributed by atoms with Crippen LogP contribution in [0.5, 0.6) is 0 Å². The number of fused-ring (bicyclic) bond motifs is 1. The van der Waals surface area contributed by atoms with E-state index in [4.69, 9.17) is 0 Å². The van der Waals surface area contributed by atoms with Crippen molar-refractivity contribution < 1.29 is 13.5 Å². The van der Waals surface area contributed by atoms with Crippen LogP contribution in [0.2, 0.25) is 0 Å². The zero-order chi connectivity index (χ0) is 13.5. The minimum atomic E-state index is -3.57. The predicted octanol–water partition coefficient (Wildman–Crippen LogP) is 0.982. The number of benzene rings is 1. The largest absolute Gasteiger partial charge is 0.394 e. The molecule has 0 aromatic heterocycles. The predicted molar refractivity (Wildman–Crippen MR) is 71.6 cm³/mol. The lowest BCUT2D eigenvalue weighted by atomic mass is 10.0. The van der Waals surface area contributed by atoms with E-state index in [1.54, 1.807) is 18.2 Å². The van der Waals surface area contributed by atoms with Crippen LogP contribution in [0.4, 0.5) is 0 Å². The first kappa shape index (κ1) is 12.6. The summed E-state index contributed by atoms with van der Waals surface area (Å²) in [7, 11) is -3.57. The van der Waals surface area contributed by atoms with Gasteiger partial charge in [-0.2, -0.15) is 8.42 Å². The van der Waals surface area contributed by atoms with Crippen LogP contribution in [0.3, 0.4) is 0 Å². The molecule has 1 aromatic rings. The summed E-state index contributed by atoms with van der Waals surface area (Å²) in [4.78, 5) is 2.21. The molecule has 1 aromatic carbocycles. The second-order valence-corrected chi connectivity index (χ2v) is 6.48. The molecule has 5 nitrogen and oxygen atoms in total. The van der Waals surface area contributed by atoms with E-state index in [0.29, 0.717) is 11.4 Å². The molecule has 102 valence electrons. The van der Waals surface area contributed by atoms with Crippen molar-refractivity contribution >= 4 is 15.9 Å². The Morgan fingerprint density at radius 2 is 2.11 bits per heavy atom. The molecule has 2 aliphatic heterocycles. The molecule has 1 saturated heterocycles. The summed E-state index contributed by atoms with van der Waals surface area (Å²) in [5, 5.41) is 9.45. The summed E-state index contributed by atoms with van der Waals surface area (Å²) in [5.41, 5.74) is 0.655. The fourth-order valence-electron chi connectivity index (χ4n) is 2.76. The smallest absolute Gasteiger partial charge is 0.285 e. The van der Waals surface area contributed by atoms with Gasteiger partial charge < -0.3 is 10.0 Å². The monoisotopic (exact) mass is 280 g/mol. The first-order valence-electron chi connectivity index (χ1n) is 6.45. The first-order chi connectivity index (χ1) is 9.13. The summed E-state index contributed by atoms with van der Waals surface area (Å²) >= 11 is 0. The Labute approximate surface area is 112 Å². The Hall–Kier alpha value is -1.40. The van der Waals surface area contributed by atoms with Gasteiger partial charge in [0.1, 0.15) is 4.90 Å². The Morgan fingerprint density at radius 3 is 2.89 bits per heavy atom. The Balaban J connectivity index is 2.06. The lowest BCUT2D eigenvalue weighted by Gasteiger charge is -2.36. The van der Waals surface area contributed by atoms with Crippen LogP contribution in [-0.2, 0) is 10.0 Å². The Morgan fingerprint density at radius 1 is 1.32 bits per heavy atom. The number of aliphatic hydroxyl groups excluding tert-OH is 1. The van der Waals surface area contributed by atoms with Crippen molar-refractivity contribution in [2.45, 2.75) is 30.2 Å². The maximum atomic E-state index is 12.0. The van der Waals surface area contributed by atoms with Crippen LogP contribution in [0.1, 0.15) is 24.8 Å². The van der Waals surface area contributed by atoms with E-state index in [1.165, 1.54) is 0 Å². The number of piperidine rings is 1. The van der Waals surface area contributed by atoms with E-state index in [-0.39, 0.29) is 17.5 Å². The van der Waals surface area contributed by atoms with Gasteiger partial charge in [-0.05, 0) is 31.4 Å². The molecule has 0 saturated carbocycles. The average molecular weight is 280 g/mol. The third kappa shape index (κ3) is 2.04. The summed E-state index contributed by atoms with van der Waals surface area (Å²) < 4.78 is 28.0. The molecule has 0 unspecified atom stereocenters. The number of aliphatic hydroxyl groups is 1. The molecule has 2 heterocycles. The molecule has 1 N–H and O–H groups in total. The SMILES string of the molecule is O=S1(=O)N=C(N2CCCC[C@@H]2CO)c2ccccc21. The third-order valence-corrected chi connectivity index (χ3v) is 5.05. The molecule has 2 aliphatic rings. The summed E-state index contributed by atoms with van der Waals surface area (Å²) in [5.74, 6) is 0.495. The van der Waals surface area contributed by atoms with Crippen LogP contribution < -0.4 is 0 Å². The molecule has 19 heavy (non-hydrogen) atoms. The molecular formula is C13H16N2O3S. The average Bonchev–Trinajstić information content (AvgIpc) is 2.71. The normalized spacial score (nSPS) is 25.0. The summed E-state index contributed by atoms with van der Waals surface area (Å²) in [6.07, 6.45) is 2.93. The van der Waals surface area contributed by atoms with E-state index in [9.17, 15) is 13.5 Å². The Bertz CT molecular complexity index is 625. The summed E-state index contributed by atoms with van der Waals surface area (Å²) in [6.45, 7) is 0.773. The zero-order valence-electron chi connectivity index (χ0n) is 10.5. The Kier molecular flexibility index (Phi) is 3.06. The van der Waals surface area contributed by atoms with Gasteiger partial charge in [-0.25, -0.2) is 0 Å². The number of hydrogen-bond donors (Lipinski definition) is 1. The number of amidine groups is 1. The topological polar surface area (TPSA) is 70.0 Å². The maximum Gasteiger partial charge on any atom is 0.285 e. The van der Waals surface area contributed by atoms with Crippen LogP contribution >= 0.6 is 0 Å². The molecule has 1 atom stereocenters. The molecule has 3 rings (SSSR count). The van der Waals surface area contributed by atoms with Crippen LogP contribution in [0, 0.1) is 0 Å².